The smallest absolute Gasteiger partial charge is 0.267 e. The molecule has 200 valence electrons. The molecule has 2 fully saturated rings. The van der Waals surface area contributed by atoms with Gasteiger partial charge in [-0.25, -0.2) is 9.37 Å². The molecule has 10 heteroatoms. The van der Waals surface area contributed by atoms with Gasteiger partial charge in [0.15, 0.2) is 0 Å². The summed E-state index contributed by atoms with van der Waals surface area (Å²) in [6.45, 7) is 3.21. The fraction of sp³-hybridized carbons (Fsp3) is 0.464. The molecule has 3 aromatic rings. The quantitative estimate of drug-likeness (QED) is 0.437. The van der Waals surface area contributed by atoms with Crippen LogP contribution in [0.3, 0.4) is 0 Å². The summed E-state index contributed by atoms with van der Waals surface area (Å²) >= 11 is 5.99. The van der Waals surface area contributed by atoms with Gasteiger partial charge in [-0.3, -0.25) is 9.48 Å². The van der Waals surface area contributed by atoms with E-state index in [-0.39, 0.29) is 22.8 Å². The second-order valence-corrected chi connectivity index (χ2v) is 11.6. The molecule has 2 heterocycles. The Morgan fingerprint density at radius 2 is 1.89 bits per heavy atom. The molecule has 0 saturated heterocycles. The molecule has 2 atom stereocenters. The highest BCUT2D eigenvalue weighted by atomic mass is 35.5. The lowest BCUT2D eigenvalue weighted by atomic mass is 9.90. The van der Waals surface area contributed by atoms with Gasteiger partial charge in [0, 0.05) is 25.6 Å². The number of aromatic nitrogens is 4. The normalized spacial score (nSPS) is 24.8. The lowest BCUT2D eigenvalue weighted by Gasteiger charge is -2.24. The van der Waals surface area contributed by atoms with Gasteiger partial charge < -0.3 is 20.5 Å². The molecule has 0 aliphatic heterocycles. The van der Waals surface area contributed by atoms with Gasteiger partial charge in [0.2, 0.25) is 0 Å². The van der Waals surface area contributed by atoms with Crippen LogP contribution in [0.2, 0.25) is 5.02 Å². The summed E-state index contributed by atoms with van der Waals surface area (Å²) in [4.78, 5) is 17.3. The summed E-state index contributed by atoms with van der Waals surface area (Å²) in [6.07, 6.45) is 2.64. The summed E-state index contributed by atoms with van der Waals surface area (Å²) in [6, 6.07) is 6.14. The number of imidazole rings is 1. The van der Waals surface area contributed by atoms with Crippen molar-refractivity contribution in [3.63, 3.8) is 0 Å². The first-order chi connectivity index (χ1) is 17.8. The number of aryl methyl sites for hydroxylation is 1. The number of carbonyl (C=O) groups excluding carboxylic acids is 1. The Hall–Kier alpha value is -3.19. The number of benzene rings is 1. The van der Waals surface area contributed by atoms with Gasteiger partial charge in [0.25, 0.3) is 5.91 Å². The minimum Gasteiger partial charge on any atom is -0.384 e. The van der Waals surface area contributed by atoms with Crippen molar-refractivity contribution in [3.05, 3.63) is 57.9 Å². The predicted octanol–water partition coefficient (Wildman–Crippen LogP) is 3.63. The zero-order chi connectivity index (χ0) is 27.6. The number of amides is 1. The molecule has 0 radical (unpaired) electrons. The van der Waals surface area contributed by atoms with Crippen molar-refractivity contribution in [3.8, 4) is 23.2 Å². The zero-order valence-electron chi connectivity index (χ0n) is 21.8. The van der Waals surface area contributed by atoms with E-state index in [0.717, 1.165) is 12.8 Å². The number of hydrogen-bond acceptors (Lipinski definition) is 5. The molecular formula is C28H31ClFN5O3. The molecule has 4 N–H and O–H groups in total. The SMILES string of the molecule is Cn1nc(C#CC(C)(C)O)cc1C1(O)CC2CC(c3nc(-c4ccc(F)c(Cl)c4)n(C)c3C(N)=O)CC2C1. The van der Waals surface area contributed by atoms with E-state index in [1.165, 1.54) is 12.1 Å². The van der Waals surface area contributed by atoms with Crippen LogP contribution in [0.15, 0.2) is 24.3 Å². The molecule has 2 aliphatic rings. The van der Waals surface area contributed by atoms with E-state index in [4.69, 9.17) is 22.3 Å². The minimum absolute atomic E-state index is 0.00710. The summed E-state index contributed by atoms with van der Waals surface area (Å²) < 4.78 is 17.0. The van der Waals surface area contributed by atoms with E-state index in [2.05, 4.69) is 16.9 Å². The van der Waals surface area contributed by atoms with Crippen LogP contribution >= 0.6 is 11.6 Å². The van der Waals surface area contributed by atoms with Crippen LogP contribution in [0, 0.1) is 29.5 Å². The largest absolute Gasteiger partial charge is 0.384 e. The fourth-order valence-electron chi connectivity index (χ4n) is 6.27. The maximum absolute atomic E-state index is 13.7. The Morgan fingerprint density at radius 1 is 1.24 bits per heavy atom. The molecule has 2 aromatic heterocycles. The van der Waals surface area contributed by atoms with E-state index in [0.29, 0.717) is 47.0 Å². The maximum atomic E-state index is 13.7. The molecule has 2 saturated carbocycles. The lowest BCUT2D eigenvalue weighted by Crippen LogP contribution is -2.26. The second-order valence-electron chi connectivity index (χ2n) is 11.2. The number of aliphatic hydroxyl groups is 2. The van der Waals surface area contributed by atoms with E-state index in [9.17, 15) is 19.4 Å². The Labute approximate surface area is 225 Å². The summed E-state index contributed by atoms with van der Waals surface area (Å²) in [5.74, 6) is 5.52. The summed E-state index contributed by atoms with van der Waals surface area (Å²) in [7, 11) is 3.51. The van der Waals surface area contributed by atoms with E-state index >= 15 is 0 Å². The van der Waals surface area contributed by atoms with Crippen molar-refractivity contribution in [1.82, 2.24) is 19.3 Å². The number of carbonyl (C=O) groups is 1. The van der Waals surface area contributed by atoms with Crippen LogP contribution in [0.4, 0.5) is 4.39 Å². The zero-order valence-corrected chi connectivity index (χ0v) is 22.6. The standard InChI is InChI=1S/C28H31ClFN5O3/c1-27(2,37)8-7-19-12-22(35(4)33-19)28(38)13-17-9-16(10-18(17)14-28)23-24(25(31)36)34(3)26(32-23)15-5-6-21(30)20(29)11-15/h5-6,11-12,16-18,37-38H,9-10,13-14H2,1-4H3,(H2,31,36). The van der Waals surface area contributed by atoms with Gasteiger partial charge >= 0.3 is 0 Å². The van der Waals surface area contributed by atoms with Gasteiger partial charge in [0.1, 0.15) is 34.2 Å². The first-order valence-corrected chi connectivity index (χ1v) is 13.0. The molecular weight excluding hydrogens is 509 g/mol. The third kappa shape index (κ3) is 4.73. The number of fused-ring (bicyclic) bond motifs is 1. The lowest BCUT2D eigenvalue weighted by molar-refractivity contribution is 0.0263. The second kappa shape index (κ2) is 9.23. The number of halogens is 2. The van der Waals surface area contributed by atoms with Crippen LogP contribution < -0.4 is 5.73 Å². The van der Waals surface area contributed by atoms with Crippen LogP contribution in [-0.2, 0) is 19.7 Å². The molecule has 8 nitrogen and oxygen atoms in total. The van der Waals surface area contributed by atoms with E-state index in [1.54, 1.807) is 49.3 Å². The third-order valence-corrected chi connectivity index (χ3v) is 8.10. The van der Waals surface area contributed by atoms with Gasteiger partial charge in [-0.2, -0.15) is 5.10 Å². The Balaban J connectivity index is 1.39. The molecule has 2 unspecified atom stereocenters. The molecule has 2 aliphatic carbocycles. The summed E-state index contributed by atoms with van der Waals surface area (Å²) in [5, 5.41) is 25.9. The average molecular weight is 540 g/mol. The summed E-state index contributed by atoms with van der Waals surface area (Å²) in [5.41, 5.74) is 6.37. The highest BCUT2D eigenvalue weighted by molar-refractivity contribution is 6.31. The van der Waals surface area contributed by atoms with E-state index in [1.807, 2.05) is 0 Å². The van der Waals surface area contributed by atoms with Gasteiger partial charge in [-0.05, 0) is 81.6 Å². The fourth-order valence-corrected chi connectivity index (χ4v) is 6.45. The Kier molecular flexibility index (Phi) is 6.41. The molecule has 1 amide bonds. The Bertz CT molecular complexity index is 1480. The minimum atomic E-state index is -1.13. The molecule has 5 rings (SSSR count). The number of nitrogens with two attached hydrogens (primary N) is 1. The van der Waals surface area contributed by atoms with Crippen molar-refractivity contribution in [2.24, 2.45) is 31.7 Å². The highest BCUT2D eigenvalue weighted by Gasteiger charge is 2.51. The van der Waals surface area contributed by atoms with Crippen LogP contribution in [-0.4, -0.2) is 41.1 Å². The number of nitrogens with zero attached hydrogens (tertiary/aromatic N) is 4. The topological polar surface area (TPSA) is 119 Å². The van der Waals surface area contributed by atoms with Crippen molar-refractivity contribution >= 4 is 17.5 Å². The number of rotatable bonds is 4. The van der Waals surface area contributed by atoms with E-state index < -0.39 is 22.9 Å². The Morgan fingerprint density at radius 3 is 2.47 bits per heavy atom. The molecule has 0 bridgehead atoms. The van der Waals surface area contributed by atoms with Crippen molar-refractivity contribution < 1.29 is 19.4 Å². The van der Waals surface area contributed by atoms with Crippen LogP contribution in [0.5, 0.6) is 0 Å². The van der Waals surface area contributed by atoms with Crippen molar-refractivity contribution in [2.75, 3.05) is 0 Å². The molecule has 1 aromatic carbocycles. The van der Waals surface area contributed by atoms with Gasteiger partial charge in [-0.15, -0.1) is 0 Å². The van der Waals surface area contributed by atoms with Crippen molar-refractivity contribution in [2.45, 2.75) is 56.7 Å². The van der Waals surface area contributed by atoms with Crippen LogP contribution in [0.25, 0.3) is 11.4 Å². The maximum Gasteiger partial charge on any atom is 0.267 e. The average Bonchev–Trinajstić information content (AvgIpc) is 3.54. The predicted molar refractivity (Wildman–Crippen MR) is 141 cm³/mol. The molecule has 0 spiro atoms. The highest BCUT2D eigenvalue weighted by Crippen LogP contribution is 2.57. The van der Waals surface area contributed by atoms with Crippen molar-refractivity contribution in [1.29, 1.82) is 0 Å². The van der Waals surface area contributed by atoms with Gasteiger partial charge in [-0.1, -0.05) is 17.5 Å². The third-order valence-electron chi connectivity index (χ3n) is 7.81. The monoisotopic (exact) mass is 539 g/mol. The first-order valence-electron chi connectivity index (χ1n) is 12.6. The number of primary amides is 1. The van der Waals surface area contributed by atoms with Gasteiger partial charge in [0.05, 0.1) is 16.4 Å². The molecule has 38 heavy (non-hydrogen) atoms. The number of hydrogen-bond donors (Lipinski definition) is 3. The van der Waals surface area contributed by atoms with Crippen LogP contribution in [0.1, 0.15) is 73.0 Å². The first kappa shape index (κ1) is 26.4.